The third kappa shape index (κ3) is 6.89. The molecule has 14 nitrogen and oxygen atoms in total. The highest BCUT2D eigenvalue weighted by atomic mass is 31.2. The number of nitrogens with zero attached hydrogens (tertiary/aromatic N) is 2. The molecule has 1 fully saturated rings. The highest BCUT2D eigenvalue weighted by Crippen LogP contribution is 2.46. The number of hydrogen-bond donors (Lipinski definition) is 5. The molecule has 5 unspecified atom stereocenters. The summed E-state index contributed by atoms with van der Waals surface area (Å²) in [6.07, 6.45) is -4.88. The van der Waals surface area contributed by atoms with Crippen LogP contribution >= 0.6 is 7.75 Å². The molecule has 0 spiro atoms. The molecule has 198 valence electrons. The van der Waals surface area contributed by atoms with E-state index in [9.17, 15) is 24.4 Å². The Hall–Kier alpha value is -2.84. The van der Waals surface area contributed by atoms with E-state index in [2.05, 4.69) is 10.1 Å². The zero-order chi connectivity index (χ0) is 26.5. The molecule has 6 atom stereocenters. The van der Waals surface area contributed by atoms with Crippen molar-refractivity contribution in [2.24, 2.45) is 0 Å². The second-order valence-corrected chi connectivity index (χ2v) is 9.89. The number of nitrogens with one attached hydrogen (secondary N) is 2. The van der Waals surface area contributed by atoms with E-state index in [1.54, 1.807) is 37.5 Å². The van der Waals surface area contributed by atoms with Gasteiger partial charge in [-0.3, -0.25) is 24.6 Å². The fourth-order valence-corrected chi connectivity index (χ4v) is 4.77. The van der Waals surface area contributed by atoms with E-state index in [-0.39, 0.29) is 11.6 Å². The number of anilines is 1. The number of benzene rings is 1. The van der Waals surface area contributed by atoms with Crippen LogP contribution in [0.2, 0.25) is 0 Å². The molecule has 36 heavy (non-hydrogen) atoms. The quantitative estimate of drug-likeness (QED) is 0.156. The SMILES string of the molecule is CC(C)OC(=O)[C@H](C)NP(=O)(OCC1OC(n2ccc(NO)nc2=O)C(O)C1O)Oc1ccccc1. The molecule has 0 aliphatic carbocycles. The first kappa shape index (κ1) is 27.7. The Morgan fingerprint density at radius 2 is 1.89 bits per heavy atom. The predicted octanol–water partition coefficient (Wildman–Crippen LogP) is 0.797. The van der Waals surface area contributed by atoms with Crippen molar-refractivity contribution in [2.45, 2.75) is 57.5 Å². The average Bonchev–Trinajstić information content (AvgIpc) is 3.11. The highest BCUT2D eigenvalue weighted by molar-refractivity contribution is 7.52. The monoisotopic (exact) mass is 528 g/mol. The van der Waals surface area contributed by atoms with Crippen LogP contribution in [0.1, 0.15) is 27.0 Å². The minimum atomic E-state index is -4.25. The molecule has 1 aliphatic rings. The molecule has 0 saturated carbocycles. The number of hydrogen-bond acceptors (Lipinski definition) is 12. The second kappa shape index (κ2) is 11.9. The minimum absolute atomic E-state index is 0.126. The van der Waals surface area contributed by atoms with Crippen molar-refractivity contribution in [1.82, 2.24) is 14.6 Å². The minimum Gasteiger partial charge on any atom is -0.462 e. The van der Waals surface area contributed by atoms with Crippen LogP contribution < -0.4 is 20.8 Å². The first-order valence-corrected chi connectivity index (χ1v) is 12.6. The van der Waals surface area contributed by atoms with Crippen molar-refractivity contribution >= 4 is 19.5 Å². The maximum absolute atomic E-state index is 13.5. The Morgan fingerprint density at radius 3 is 2.50 bits per heavy atom. The van der Waals surface area contributed by atoms with E-state index in [0.29, 0.717) is 0 Å². The molecule has 2 aromatic rings. The average molecular weight is 528 g/mol. The number of esters is 1. The standard InChI is InChI=1S/C21H29N4O10P/c1-12(2)33-20(28)13(3)24-36(31,35-14-7-5-4-6-8-14)32-11-15-17(26)18(27)19(34-15)25-10-9-16(23-30)22-21(25)29/h4-10,12-13,15,17-19,26-27,30H,11H2,1-3H3,(H,24,31)(H,22,23,29)/t13-,15?,17?,18?,19?,36?/m0/s1. The number of carbonyl (C=O) groups is 1. The Bertz CT molecular complexity index is 1130. The van der Waals surface area contributed by atoms with Crippen molar-refractivity contribution in [3.05, 3.63) is 53.1 Å². The van der Waals surface area contributed by atoms with E-state index in [1.165, 1.54) is 31.3 Å². The van der Waals surface area contributed by atoms with Crippen molar-refractivity contribution in [3.8, 4) is 5.75 Å². The second-order valence-electron chi connectivity index (χ2n) is 8.19. The van der Waals surface area contributed by atoms with Gasteiger partial charge in [-0.15, -0.1) is 0 Å². The fourth-order valence-electron chi connectivity index (χ4n) is 3.27. The summed E-state index contributed by atoms with van der Waals surface area (Å²) >= 11 is 0. The van der Waals surface area contributed by atoms with Crippen LogP contribution in [-0.4, -0.2) is 68.0 Å². The molecule has 5 N–H and O–H groups in total. The molecule has 0 bridgehead atoms. The molecule has 2 heterocycles. The van der Waals surface area contributed by atoms with Gasteiger partial charge in [0.15, 0.2) is 12.0 Å². The normalized spacial score (nSPS) is 24.2. The molecular weight excluding hydrogens is 499 g/mol. The van der Waals surface area contributed by atoms with Crippen molar-refractivity contribution in [1.29, 1.82) is 0 Å². The van der Waals surface area contributed by atoms with Gasteiger partial charge in [0.2, 0.25) is 0 Å². The maximum atomic E-state index is 13.5. The summed E-state index contributed by atoms with van der Waals surface area (Å²) in [4.78, 5) is 28.0. The van der Waals surface area contributed by atoms with Gasteiger partial charge in [0.25, 0.3) is 0 Å². The summed E-state index contributed by atoms with van der Waals surface area (Å²) in [7, 11) is -4.25. The zero-order valence-electron chi connectivity index (χ0n) is 19.8. The van der Waals surface area contributed by atoms with Gasteiger partial charge in [0, 0.05) is 6.20 Å². The topological polar surface area (TPSA) is 191 Å². The Kier molecular flexibility index (Phi) is 9.19. The molecule has 1 aromatic carbocycles. The van der Waals surface area contributed by atoms with Crippen LogP contribution in [0.3, 0.4) is 0 Å². The van der Waals surface area contributed by atoms with Crippen molar-refractivity contribution in [3.63, 3.8) is 0 Å². The maximum Gasteiger partial charge on any atom is 0.459 e. The third-order valence-electron chi connectivity index (χ3n) is 4.99. The van der Waals surface area contributed by atoms with Crippen LogP contribution in [0.4, 0.5) is 5.82 Å². The van der Waals surface area contributed by atoms with Gasteiger partial charge in [-0.05, 0) is 39.0 Å². The lowest BCUT2D eigenvalue weighted by Gasteiger charge is -2.25. The molecule has 1 saturated heterocycles. The Balaban J connectivity index is 1.75. The number of aliphatic hydroxyl groups is 2. The number of ether oxygens (including phenoxy) is 2. The van der Waals surface area contributed by atoms with Gasteiger partial charge < -0.3 is 24.2 Å². The molecular formula is C21H29N4O10P. The molecule has 3 rings (SSSR count). The lowest BCUT2D eigenvalue weighted by Crippen LogP contribution is -2.38. The molecule has 0 amide bonds. The van der Waals surface area contributed by atoms with E-state index < -0.39 is 62.7 Å². The van der Waals surface area contributed by atoms with Crippen LogP contribution in [0.5, 0.6) is 5.75 Å². The Morgan fingerprint density at radius 1 is 1.19 bits per heavy atom. The van der Waals surface area contributed by atoms with E-state index >= 15 is 0 Å². The van der Waals surface area contributed by atoms with Gasteiger partial charge in [-0.2, -0.15) is 10.1 Å². The van der Waals surface area contributed by atoms with Gasteiger partial charge in [-0.25, -0.2) is 9.36 Å². The van der Waals surface area contributed by atoms with E-state index in [0.717, 1.165) is 4.57 Å². The third-order valence-corrected chi connectivity index (χ3v) is 6.63. The highest BCUT2D eigenvalue weighted by Gasteiger charge is 2.46. The van der Waals surface area contributed by atoms with E-state index in [1.807, 2.05) is 0 Å². The summed E-state index contributed by atoms with van der Waals surface area (Å²) < 4.78 is 36.2. The van der Waals surface area contributed by atoms with Gasteiger partial charge in [0.05, 0.1) is 12.7 Å². The Labute approximate surface area is 206 Å². The lowest BCUT2D eigenvalue weighted by molar-refractivity contribution is -0.149. The number of carbonyl (C=O) groups excluding carboxylic acids is 1. The van der Waals surface area contributed by atoms with Crippen molar-refractivity contribution in [2.75, 3.05) is 12.1 Å². The zero-order valence-corrected chi connectivity index (χ0v) is 20.6. The summed E-state index contributed by atoms with van der Waals surface area (Å²) in [5.74, 6) is -0.635. The molecule has 15 heteroatoms. The number of rotatable bonds is 11. The van der Waals surface area contributed by atoms with Gasteiger partial charge >= 0.3 is 19.4 Å². The van der Waals surface area contributed by atoms with Crippen LogP contribution in [0.25, 0.3) is 0 Å². The van der Waals surface area contributed by atoms with Crippen molar-refractivity contribution < 1.29 is 43.3 Å². The summed E-state index contributed by atoms with van der Waals surface area (Å²) in [5, 5.41) is 32.3. The molecule has 0 radical (unpaired) electrons. The first-order valence-electron chi connectivity index (χ1n) is 11.0. The van der Waals surface area contributed by atoms with Crippen LogP contribution in [0, 0.1) is 0 Å². The lowest BCUT2D eigenvalue weighted by atomic mass is 10.1. The number of aromatic nitrogens is 2. The number of aliphatic hydroxyl groups excluding tert-OH is 2. The van der Waals surface area contributed by atoms with Gasteiger partial charge in [-0.1, -0.05) is 18.2 Å². The van der Waals surface area contributed by atoms with Gasteiger partial charge in [0.1, 0.15) is 30.1 Å². The van der Waals surface area contributed by atoms with Crippen LogP contribution in [-0.2, 0) is 23.4 Å². The summed E-state index contributed by atoms with van der Waals surface area (Å²) in [6.45, 7) is 4.20. The summed E-state index contributed by atoms with van der Waals surface area (Å²) in [6, 6.07) is 8.22. The predicted molar refractivity (Wildman–Crippen MR) is 124 cm³/mol. The largest absolute Gasteiger partial charge is 0.462 e. The van der Waals surface area contributed by atoms with Crippen LogP contribution in [0.15, 0.2) is 47.4 Å². The fraction of sp³-hybridized carbons (Fsp3) is 0.476. The summed E-state index contributed by atoms with van der Waals surface area (Å²) in [5.41, 5.74) is 0.852. The first-order chi connectivity index (χ1) is 17.0. The molecule has 1 aliphatic heterocycles. The van der Waals surface area contributed by atoms with E-state index in [4.69, 9.17) is 23.7 Å². The smallest absolute Gasteiger partial charge is 0.459 e. The molecule has 1 aromatic heterocycles. The number of para-hydroxylation sites is 1.